The fourth-order valence-corrected chi connectivity index (χ4v) is 4.32. The molecule has 0 spiro atoms. The van der Waals surface area contributed by atoms with Crippen LogP contribution in [-0.2, 0) is 11.3 Å². The number of rotatable bonds is 4. The third kappa shape index (κ3) is 3.63. The Labute approximate surface area is 145 Å². The van der Waals surface area contributed by atoms with Gasteiger partial charge in [0.05, 0.1) is 5.92 Å². The molecule has 2 heterocycles. The Morgan fingerprint density at radius 1 is 1.33 bits per heavy atom. The Balaban J connectivity index is 1.70. The van der Waals surface area contributed by atoms with Crippen LogP contribution in [-0.4, -0.2) is 55.5 Å². The van der Waals surface area contributed by atoms with Crippen molar-refractivity contribution < 1.29 is 4.79 Å². The minimum atomic E-state index is 0.0154. The number of carbonyl (C=O) groups is 1. The number of hydrogen-bond acceptors (Lipinski definition) is 4. The number of hydrogen-bond donors (Lipinski definition) is 2. The largest absolute Gasteiger partial charge is 0.348 e. The molecule has 0 aromatic heterocycles. The third-order valence-electron chi connectivity index (χ3n) is 5.55. The molecule has 5 nitrogen and oxygen atoms in total. The van der Waals surface area contributed by atoms with Crippen LogP contribution < -0.4 is 10.9 Å². The summed E-state index contributed by atoms with van der Waals surface area (Å²) in [4.78, 5) is 16.8. The van der Waals surface area contributed by atoms with Gasteiger partial charge in [-0.15, -0.1) is 0 Å². The normalized spacial score (nSPS) is 31.1. The lowest BCUT2D eigenvalue weighted by Crippen LogP contribution is -2.55. The van der Waals surface area contributed by atoms with Gasteiger partial charge in [0.2, 0.25) is 5.91 Å². The maximum atomic E-state index is 12.5. The van der Waals surface area contributed by atoms with Gasteiger partial charge in [0, 0.05) is 39.8 Å². The van der Waals surface area contributed by atoms with Crippen molar-refractivity contribution in [2.24, 2.45) is 11.3 Å². The number of likely N-dealkylation sites (tertiary alicyclic amines) is 1. The zero-order valence-corrected chi connectivity index (χ0v) is 15.1. The van der Waals surface area contributed by atoms with Crippen molar-refractivity contribution in [2.45, 2.75) is 32.4 Å². The number of benzene rings is 1. The van der Waals surface area contributed by atoms with E-state index in [1.54, 1.807) is 4.90 Å². The molecule has 0 aliphatic carbocycles. The smallest absolute Gasteiger partial charge is 0.228 e. The van der Waals surface area contributed by atoms with Crippen LogP contribution in [0.25, 0.3) is 0 Å². The third-order valence-corrected chi connectivity index (χ3v) is 5.55. The Kier molecular flexibility index (Phi) is 5.23. The molecule has 1 aromatic rings. The monoisotopic (exact) mass is 330 g/mol. The maximum Gasteiger partial charge on any atom is 0.228 e. The van der Waals surface area contributed by atoms with Crippen molar-refractivity contribution in [3.63, 3.8) is 0 Å². The highest BCUT2D eigenvalue weighted by Crippen LogP contribution is 2.38. The number of nitrogens with one attached hydrogen (secondary N) is 2. The number of nitrogens with zero attached hydrogens (tertiary/aromatic N) is 2. The first-order chi connectivity index (χ1) is 11.5. The number of hydrazine groups is 1. The van der Waals surface area contributed by atoms with Gasteiger partial charge in [0.1, 0.15) is 0 Å². The molecular formula is C19H30N4O. The zero-order valence-electron chi connectivity index (χ0n) is 15.1. The van der Waals surface area contributed by atoms with E-state index in [0.29, 0.717) is 0 Å². The topological polar surface area (TPSA) is 47.6 Å². The minimum Gasteiger partial charge on any atom is -0.348 e. The van der Waals surface area contributed by atoms with Gasteiger partial charge in [-0.3, -0.25) is 20.5 Å². The van der Waals surface area contributed by atoms with Crippen molar-refractivity contribution in [1.29, 1.82) is 0 Å². The molecule has 2 N–H and O–H groups in total. The summed E-state index contributed by atoms with van der Waals surface area (Å²) in [6.45, 7) is 6.21. The molecule has 3 rings (SSSR count). The summed E-state index contributed by atoms with van der Waals surface area (Å²) in [5.41, 5.74) is 8.11. The van der Waals surface area contributed by atoms with E-state index in [1.807, 2.05) is 14.1 Å². The van der Waals surface area contributed by atoms with Gasteiger partial charge in [-0.1, -0.05) is 37.3 Å². The Hall–Kier alpha value is -1.43. The van der Waals surface area contributed by atoms with Crippen molar-refractivity contribution in [3.05, 3.63) is 35.9 Å². The lowest BCUT2D eigenvalue weighted by atomic mass is 9.71. The summed E-state index contributed by atoms with van der Waals surface area (Å²) >= 11 is 0. The standard InChI is InChI=1S/C19H30N4O/c1-19(17-16(12-20-21-17)18(24)22(2)3)10-7-11-23(14-19)13-15-8-5-4-6-9-15/h4-6,8-9,16-17,20-21H,7,10-14H2,1-3H3. The molecule has 0 saturated carbocycles. The molecule has 2 saturated heterocycles. The van der Waals surface area contributed by atoms with Gasteiger partial charge in [0.25, 0.3) is 0 Å². The average Bonchev–Trinajstić information content (AvgIpc) is 3.05. The first kappa shape index (κ1) is 17.4. The highest BCUT2D eigenvalue weighted by atomic mass is 16.2. The summed E-state index contributed by atoms with van der Waals surface area (Å²) in [5.74, 6) is 0.237. The second-order valence-electron chi connectivity index (χ2n) is 7.80. The fraction of sp³-hybridized carbons (Fsp3) is 0.632. The predicted molar refractivity (Wildman–Crippen MR) is 96.2 cm³/mol. The van der Waals surface area contributed by atoms with Crippen LogP contribution in [0.4, 0.5) is 0 Å². The molecule has 132 valence electrons. The molecule has 0 bridgehead atoms. The predicted octanol–water partition coefficient (Wildman–Crippen LogP) is 1.47. The van der Waals surface area contributed by atoms with Crippen LogP contribution in [0, 0.1) is 11.3 Å². The molecule has 3 unspecified atom stereocenters. The lowest BCUT2D eigenvalue weighted by Gasteiger charge is -2.45. The zero-order chi connectivity index (χ0) is 17.2. The number of piperidine rings is 1. The number of amides is 1. The van der Waals surface area contributed by atoms with E-state index >= 15 is 0 Å². The lowest BCUT2D eigenvalue weighted by molar-refractivity contribution is -0.134. The van der Waals surface area contributed by atoms with E-state index in [4.69, 9.17) is 0 Å². The van der Waals surface area contributed by atoms with Crippen LogP contribution in [0.15, 0.2) is 30.3 Å². The molecule has 1 aromatic carbocycles. The Morgan fingerprint density at radius 2 is 2.08 bits per heavy atom. The van der Waals surface area contributed by atoms with Crippen molar-refractivity contribution in [3.8, 4) is 0 Å². The first-order valence-corrected chi connectivity index (χ1v) is 8.95. The Morgan fingerprint density at radius 3 is 2.79 bits per heavy atom. The minimum absolute atomic E-state index is 0.0154. The van der Waals surface area contributed by atoms with Crippen LogP contribution in [0.1, 0.15) is 25.3 Å². The molecule has 3 atom stereocenters. The highest BCUT2D eigenvalue weighted by molar-refractivity contribution is 5.79. The van der Waals surface area contributed by atoms with Crippen LogP contribution in [0.3, 0.4) is 0 Å². The molecule has 0 radical (unpaired) electrons. The molecule has 5 heteroatoms. The van der Waals surface area contributed by atoms with Gasteiger partial charge >= 0.3 is 0 Å². The van der Waals surface area contributed by atoms with E-state index < -0.39 is 0 Å². The van der Waals surface area contributed by atoms with Crippen molar-refractivity contribution >= 4 is 5.91 Å². The molecular weight excluding hydrogens is 300 g/mol. The van der Waals surface area contributed by atoms with Gasteiger partial charge in [0.15, 0.2) is 0 Å². The SMILES string of the molecule is CN(C)C(=O)C1CNNC1C1(C)CCCN(Cc2ccccc2)C1. The quantitative estimate of drug-likeness (QED) is 0.878. The summed E-state index contributed by atoms with van der Waals surface area (Å²) in [7, 11) is 3.70. The fourth-order valence-electron chi connectivity index (χ4n) is 4.32. The average molecular weight is 330 g/mol. The Bertz CT molecular complexity index is 562. The van der Waals surface area contributed by atoms with E-state index in [9.17, 15) is 4.79 Å². The van der Waals surface area contributed by atoms with Crippen molar-refractivity contribution in [2.75, 3.05) is 33.7 Å². The van der Waals surface area contributed by atoms with Gasteiger partial charge in [-0.25, -0.2) is 0 Å². The molecule has 1 amide bonds. The van der Waals surface area contributed by atoms with Gasteiger partial charge in [-0.05, 0) is 30.4 Å². The summed E-state index contributed by atoms with van der Waals surface area (Å²) in [5, 5.41) is 0. The van der Waals surface area contributed by atoms with E-state index in [1.165, 1.54) is 12.0 Å². The van der Waals surface area contributed by atoms with Crippen molar-refractivity contribution in [1.82, 2.24) is 20.7 Å². The summed E-state index contributed by atoms with van der Waals surface area (Å²) < 4.78 is 0. The van der Waals surface area contributed by atoms with E-state index in [2.05, 4.69) is 53.0 Å². The molecule has 2 aliphatic rings. The second kappa shape index (κ2) is 7.21. The van der Waals surface area contributed by atoms with Crippen LogP contribution in [0.2, 0.25) is 0 Å². The van der Waals surface area contributed by atoms with E-state index in [-0.39, 0.29) is 23.3 Å². The maximum absolute atomic E-state index is 12.5. The molecule has 2 fully saturated rings. The van der Waals surface area contributed by atoms with Gasteiger partial charge < -0.3 is 4.90 Å². The second-order valence-corrected chi connectivity index (χ2v) is 7.80. The summed E-state index contributed by atoms with van der Waals surface area (Å²) in [6.07, 6.45) is 2.35. The number of carbonyl (C=O) groups excluding carboxylic acids is 1. The van der Waals surface area contributed by atoms with Crippen LogP contribution in [0.5, 0.6) is 0 Å². The van der Waals surface area contributed by atoms with Crippen LogP contribution >= 0.6 is 0 Å². The highest BCUT2D eigenvalue weighted by Gasteiger charge is 2.47. The van der Waals surface area contributed by atoms with Gasteiger partial charge in [-0.2, -0.15) is 0 Å². The first-order valence-electron chi connectivity index (χ1n) is 8.95. The molecule has 2 aliphatic heterocycles. The molecule has 24 heavy (non-hydrogen) atoms. The summed E-state index contributed by atoms with van der Waals surface area (Å²) in [6, 6.07) is 10.8. The van der Waals surface area contributed by atoms with E-state index in [0.717, 1.165) is 32.6 Å².